The van der Waals surface area contributed by atoms with Crippen molar-refractivity contribution in [3.05, 3.63) is 12.2 Å². The normalized spacial score (nSPS) is 22.7. The third-order valence-corrected chi connectivity index (χ3v) is 11.6. The number of carbonyl (C=O) groups is 2. The Kier molecular flexibility index (Phi) is 32.3. The molecule has 13 nitrogen and oxygen atoms in total. The first-order chi connectivity index (χ1) is 27.4. The first-order valence-electron chi connectivity index (χ1n) is 22.5. The van der Waals surface area contributed by atoms with Gasteiger partial charge in [0.1, 0.15) is 43.2 Å². The van der Waals surface area contributed by atoms with Gasteiger partial charge in [-0.05, 0) is 32.1 Å². The van der Waals surface area contributed by atoms with E-state index in [1.54, 1.807) is 0 Å². The molecule has 0 aliphatic heterocycles. The Morgan fingerprint density at radius 3 is 1.39 bits per heavy atom. The van der Waals surface area contributed by atoms with E-state index in [0.717, 1.165) is 57.8 Å². The maximum Gasteiger partial charge on any atom is 0.472 e. The zero-order valence-corrected chi connectivity index (χ0v) is 36.3. The van der Waals surface area contributed by atoms with Gasteiger partial charge >= 0.3 is 19.8 Å². The van der Waals surface area contributed by atoms with Crippen LogP contribution in [-0.4, -0.2) is 98.3 Å². The van der Waals surface area contributed by atoms with E-state index in [1.165, 1.54) is 96.3 Å². The fourth-order valence-corrected chi connectivity index (χ4v) is 7.89. The number of ether oxygens (including phenoxy) is 2. The Labute approximate surface area is 343 Å². The third-order valence-electron chi connectivity index (χ3n) is 10.6. The second-order valence-corrected chi connectivity index (χ2v) is 17.3. The number of allylic oxidation sites excluding steroid dienone is 2. The minimum absolute atomic E-state index is 0.0898. The van der Waals surface area contributed by atoms with Crippen LogP contribution in [0.2, 0.25) is 0 Å². The molecule has 6 unspecified atom stereocenters. The van der Waals surface area contributed by atoms with Gasteiger partial charge in [-0.15, -0.1) is 0 Å². The van der Waals surface area contributed by atoms with Gasteiger partial charge in [0, 0.05) is 12.8 Å². The number of aliphatic hydroxyl groups excluding tert-OH is 5. The summed E-state index contributed by atoms with van der Waals surface area (Å²) in [4.78, 5) is 35.6. The lowest BCUT2D eigenvalue weighted by atomic mass is 9.85. The zero-order chi connectivity index (χ0) is 42.2. The topological polar surface area (TPSA) is 210 Å². The lowest BCUT2D eigenvalue weighted by molar-refractivity contribution is -0.220. The van der Waals surface area contributed by atoms with Crippen LogP contribution in [-0.2, 0) is 32.7 Å². The molecule has 0 spiro atoms. The number of hydrogen-bond donors (Lipinski definition) is 6. The van der Waals surface area contributed by atoms with Crippen molar-refractivity contribution in [1.29, 1.82) is 0 Å². The highest BCUT2D eigenvalue weighted by Crippen LogP contribution is 2.47. The molecule has 57 heavy (non-hydrogen) atoms. The van der Waals surface area contributed by atoms with Crippen molar-refractivity contribution in [3.63, 3.8) is 0 Å². The number of aliphatic hydroxyl groups is 5. The molecule has 0 aromatic rings. The Morgan fingerprint density at radius 1 is 0.526 bits per heavy atom. The molecule has 336 valence electrons. The SMILES string of the molecule is CCCC/C=C\CCCCCCCC(=O)OC(COC(=O)CCCCCCCCCCCCCCCCCCC)COP(=O)(O)OC1C(O)C(O)C(O)C(O)C1O. The molecule has 0 aromatic carbocycles. The quantitative estimate of drug-likeness (QED) is 0.0151. The molecule has 1 aliphatic rings. The van der Waals surface area contributed by atoms with Crippen molar-refractivity contribution in [3.8, 4) is 0 Å². The van der Waals surface area contributed by atoms with E-state index in [-0.39, 0.29) is 12.8 Å². The van der Waals surface area contributed by atoms with Gasteiger partial charge in [-0.3, -0.25) is 18.6 Å². The van der Waals surface area contributed by atoms with Gasteiger partial charge in [-0.25, -0.2) is 4.57 Å². The fourth-order valence-electron chi connectivity index (χ4n) is 6.92. The van der Waals surface area contributed by atoms with Gasteiger partial charge in [-0.1, -0.05) is 161 Å². The second kappa shape index (κ2) is 34.3. The molecule has 6 atom stereocenters. The van der Waals surface area contributed by atoms with Gasteiger partial charge in [0.2, 0.25) is 0 Å². The number of esters is 2. The Hall–Kier alpha value is -1.41. The minimum atomic E-state index is -5.11. The molecule has 0 bridgehead atoms. The van der Waals surface area contributed by atoms with Gasteiger partial charge in [0.05, 0.1) is 6.61 Å². The summed E-state index contributed by atoms with van der Waals surface area (Å²) in [6.45, 7) is 3.25. The molecule has 14 heteroatoms. The third kappa shape index (κ3) is 27.1. The van der Waals surface area contributed by atoms with E-state index < -0.39 is 75.7 Å². The predicted octanol–water partition coefficient (Wildman–Crippen LogP) is 8.28. The van der Waals surface area contributed by atoms with Crippen molar-refractivity contribution in [2.24, 2.45) is 0 Å². The van der Waals surface area contributed by atoms with Crippen molar-refractivity contribution in [2.45, 2.75) is 236 Å². The second-order valence-electron chi connectivity index (χ2n) is 15.9. The number of phosphoric ester groups is 1. The Bertz CT molecular complexity index is 1060. The van der Waals surface area contributed by atoms with Crippen LogP contribution in [0.4, 0.5) is 0 Å². The summed E-state index contributed by atoms with van der Waals surface area (Å²) in [5.41, 5.74) is 0. The standard InChI is InChI=1S/C43H81O13P/c1-3-5-7-9-11-13-15-16-17-18-19-20-22-23-25-27-29-31-36(44)53-33-35(55-37(45)32-30-28-26-24-21-14-12-10-8-6-4-2)34-54-57(51,52)56-43-41(49)39(47)38(46)40(48)42(43)50/h10,12,35,38-43,46-50H,3-9,11,13-34H2,1-2H3,(H,51,52)/b12-10-. The van der Waals surface area contributed by atoms with Crippen molar-refractivity contribution in [2.75, 3.05) is 13.2 Å². The van der Waals surface area contributed by atoms with E-state index in [0.29, 0.717) is 12.8 Å². The van der Waals surface area contributed by atoms with Gasteiger partial charge in [-0.2, -0.15) is 0 Å². The van der Waals surface area contributed by atoms with Crippen LogP contribution in [0.1, 0.15) is 194 Å². The number of rotatable bonds is 37. The van der Waals surface area contributed by atoms with Gasteiger partial charge < -0.3 is 39.9 Å². The molecule has 0 heterocycles. The lowest BCUT2D eigenvalue weighted by Gasteiger charge is -2.41. The van der Waals surface area contributed by atoms with Crippen LogP contribution < -0.4 is 0 Å². The van der Waals surface area contributed by atoms with Crippen molar-refractivity contribution >= 4 is 19.8 Å². The summed E-state index contributed by atoms with van der Waals surface area (Å²) in [5, 5.41) is 50.0. The smallest absolute Gasteiger partial charge is 0.462 e. The molecule has 0 saturated heterocycles. The average Bonchev–Trinajstić information content (AvgIpc) is 3.19. The highest BCUT2D eigenvalue weighted by molar-refractivity contribution is 7.47. The van der Waals surface area contributed by atoms with Crippen LogP contribution in [0.3, 0.4) is 0 Å². The summed E-state index contributed by atoms with van der Waals surface area (Å²) in [7, 11) is -5.11. The van der Waals surface area contributed by atoms with Crippen LogP contribution in [0.15, 0.2) is 12.2 Å². The average molecular weight is 837 g/mol. The lowest BCUT2D eigenvalue weighted by Crippen LogP contribution is -2.64. The first kappa shape index (κ1) is 53.6. The van der Waals surface area contributed by atoms with Gasteiger partial charge in [0.15, 0.2) is 6.10 Å². The van der Waals surface area contributed by atoms with Crippen molar-refractivity contribution < 1.29 is 63.1 Å². The summed E-state index contributed by atoms with van der Waals surface area (Å²) < 4.78 is 33.4. The van der Waals surface area contributed by atoms with E-state index in [2.05, 4.69) is 26.0 Å². The van der Waals surface area contributed by atoms with E-state index in [4.69, 9.17) is 18.5 Å². The molecule has 1 saturated carbocycles. The molecule has 1 fully saturated rings. The van der Waals surface area contributed by atoms with E-state index in [1.807, 2.05) is 0 Å². The maximum absolute atomic E-state index is 12.8. The summed E-state index contributed by atoms with van der Waals surface area (Å²) in [6.07, 6.45) is 21.4. The highest BCUT2D eigenvalue weighted by Gasteiger charge is 2.51. The summed E-state index contributed by atoms with van der Waals surface area (Å²) in [5.74, 6) is -1.10. The molecule has 1 aliphatic carbocycles. The first-order valence-corrected chi connectivity index (χ1v) is 24.0. The van der Waals surface area contributed by atoms with Crippen LogP contribution >= 0.6 is 7.82 Å². The molecule has 0 radical (unpaired) electrons. The Balaban J connectivity index is 2.44. The molecule has 6 N–H and O–H groups in total. The summed E-state index contributed by atoms with van der Waals surface area (Å²) >= 11 is 0. The number of unbranched alkanes of at least 4 members (excludes halogenated alkanes) is 23. The van der Waals surface area contributed by atoms with Crippen LogP contribution in [0, 0.1) is 0 Å². The number of carbonyl (C=O) groups excluding carboxylic acids is 2. The molecular weight excluding hydrogens is 755 g/mol. The monoisotopic (exact) mass is 837 g/mol. The molecule has 0 aromatic heterocycles. The molecular formula is C43H81O13P. The van der Waals surface area contributed by atoms with Crippen molar-refractivity contribution in [1.82, 2.24) is 0 Å². The van der Waals surface area contributed by atoms with Gasteiger partial charge in [0.25, 0.3) is 0 Å². The molecule has 0 amide bonds. The number of phosphoric acid groups is 1. The fraction of sp³-hybridized carbons (Fsp3) is 0.907. The predicted molar refractivity (Wildman–Crippen MR) is 221 cm³/mol. The summed E-state index contributed by atoms with van der Waals surface area (Å²) in [6, 6.07) is 0. The highest BCUT2D eigenvalue weighted by atomic mass is 31.2. The maximum atomic E-state index is 12.8. The number of hydrogen-bond acceptors (Lipinski definition) is 12. The largest absolute Gasteiger partial charge is 0.472 e. The van der Waals surface area contributed by atoms with E-state index in [9.17, 15) is 44.6 Å². The zero-order valence-electron chi connectivity index (χ0n) is 35.4. The van der Waals surface area contributed by atoms with Crippen LogP contribution in [0.25, 0.3) is 0 Å². The minimum Gasteiger partial charge on any atom is -0.462 e. The van der Waals surface area contributed by atoms with Crippen LogP contribution in [0.5, 0.6) is 0 Å². The van der Waals surface area contributed by atoms with E-state index >= 15 is 0 Å². The Morgan fingerprint density at radius 2 is 0.912 bits per heavy atom. The molecule has 1 rings (SSSR count).